The maximum Gasteiger partial charge on any atom is 0.343 e. The second kappa shape index (κ2) is 5.09. The Balaban J connectivity index is 1.76. The molecule has 21 heavy (non-hydrogen) atoms. The van der Waals surface area contributed by atoms with E-state index in [9.17, 15) is 14.3 Å². The van der Waals surface area contributed by atoms with Gasteiger partial charge in [-0.3, -0.25) is 9.58 Å². The van der Waals surface area contributed by atoms with Crippen LogP contribution in [0.5, 0.6) is 0 Å². The molecule has 2 atom stereocenters. The lowest BCUT2D eigenvalue weighted by Crippen LogP contribution is -2.42. The highest BCUT2D eigenvalue weighted by Crippen LogP contribution is 2.47. The van der Waals surface area contributed by atoms with Gasteiger partial charge in [0.15, 0.2) is 0 Å². The second-order valence-electron chi connectivity index (χ2n) is 6.37. The standard InChI is InChI=1S/C15H22FN3O2/c1-3-19-12(6-10(2)17-19)7-18-8-13(11-4-5-11)15(16,9-18)14(20)21/h6,11,13H,3-5,7-9H2,1-2H3,(H,20,21). The second-order valence-corrected chi connectivity index (χ2v) is 6.37. The van der Waals surface area contributed by atoms with Crippen molar-refractivity contribution < 1.29 is 14.3 Å². The Kier molecular flexibility index (Phi) is 3.51. The number of nitrogens with zero attached hydrogens (tertiary/aromatic N) is 3. The van der Waals surface area contributed by atoms with E-state index in [-0.39, 0.29) is 18.4 Å². The van der Waals surface area contributed by atoms with Crippen LogP contribution in [0.3, 0.4) is 0 Å². The number of aliphatic carboxylic acids is 1. The third-order valence-electron chi connectivity index (χ3n) is 4.71. The number of hydrogen-bond acceptors (Lipinski definition) is 3. The van der Waals surface area contributed by atoms with Gasteiger partial charge in [0.1, 0.15) is 0 Å². The Morgan fingerprint density at radius 3 is 2.86 bits per heavy atom. The van der Waals surface area contributed by atoms with Crippen LogP contribution in [0, 0.1) is 18.8 Å². The third kappa shape index (κ3) is 2.57. The average molecular weight is 295 g/mol. The van der Waals surface area contributed by atoms with Gasteiger partial charge in [0.2, 0.25) is 5.67 Å². The maximum atomic E-state index is 14.9. The number of halogens is 1. The van der Waals surface area contributed by atoms with Crippen molar-refractivity contribution in [3.05, 3.63) is 17.5 Å². The van der Waals surface area contributed by atoms with Crippen molar-refractivity contribution in [2.24, 2.45) is 11.8 Å². The van der Waals surface area contributed by atoms with Crippen molar-refractivity contribution in [1.29, 1.82) is 0 Å². The lowest BCUT2D eigenvalue weighted by molar-refractivity contribution is -0.153. The lowest BCUT2D eigenvalue weighted by atomic mass is 9.89. The number of hydrogen-bond donors (Lipinski definition) is 1. The molecule has 1 saturated carbocycles. The van der Waals surface area contributed by atoms with Crippen molar-refractivity contribution in [3.63, 3.8) is 0 Å². The molecule has 0 radical (unpaired) electrons. The number of alkyl halides is 1. The SMILES string of the molecule is CCn1nc(C)cc1CN1CC(C2CC2)C(F)(C(=O)O)C1. The average Bonchev–Trinajstić information content (AvgIpc) is 3.12. The van der Waals surface area contributed by atoms with Gasteiger partial charge in [-0.05, 0) is 38.7 Å². The summed E-state index contributed by atoms with van der Waals surface area (Å²) in [5.41, 5.74) is -0.124. The summed E-state index contributed by atoms with van der Waals surface area (Å²) >= 11 is 0. The number of carbonyl (C=O) groups is 1. The van der Waals surface area contributed by atoms with Crippen LogP contribution < -0.4 is 0 Å². The number of carboxylic acids is 1. The normalized spacial score (nSPS) is 30.0. The van der Waals surface area contributed by atoms with E-state index >= 15 is 0 Å². The summed E-state index contributed by atoms with van der Waals surface area (Å²) in [5.74, 6) is -1.43. The summed E-state index contributed by atoms with van der Waals surface area (Å²) in [7, 11) is 0. The molecule has 6 heteroatoms. The zero-order chi connectivity index (χ0) is 15.2. The van der Waals surface area contributed by atoms with E-state index < -0.39 is 11.6 Å². The Morgan fingerprint density at radius 1 is 1.57 bits per heavy atom. The van der Waals surface area contributed by atoms with Crippen molar-refractivity contribution in [2.75, 3.05) is 13.1 Å². The third-order valence-corrected chi connectivity index (χ3v) is 4.71. The van der Waals surface area contributed by atoms with Gasteiger partial charge in [0.25, 0.3) is 0 Å². The van der Waals surface area contributed by atoms with E-state index in [0.29, 0.717) is 13.1 Å². The molecule has 1 aromatic heterocycles. The van der Waals surface area contributed by atoms with Crippen molar-refractivity contribution in [1.82, 2.24) is 14.7 Å². The first-order chi connectivity index (χ1) is 9.94. The van der Waals surface area contributed by atoms with E-state index in [0.717, 1.165) is 30.8 Å². The quantitative estimate of drug-likeness (QED) is 0.900. The Bertz CT molecular complexity index is 555. The molecule has 1 N–H and O–H groups in total. The van der Waals surface area contributed by atoms with E-state index in [4.69, 9.17) is 0 Å². The number of aromatic nitrogens is 2. The molecule has 3 rings (SSSR count). The zero-order valence-electron chi connectivity index (χ0n) is 12.5. The number of carboxylic acid groups (broad SMARTS) is 1. The first-order valence-corrected chi connectivity index (χ1v) is 7.62. The van der Waals surface area contributed by atoms with Crippen LogP contribution in [0.15, 0.2) is 6.07 Å². The summed E-state index contributed by atoms with van der Waals surface area (Å²) in [4.78, 5) is 13.3. The molecule has 1 aromatic rings. The van der Waals surface area contributed by atoms with Crippen LogP contribution in [0.1, 0.15) is 31.2 Å². The first-order valence-electron chi connectivity index (χ1n) is 7.62. The molecule has 1 saturated heterocycles. The Labute approximate surface area is 123 Å². The molecule has 2 aliphatic rings. The van der Waals surface area contributed by atoms with Crippen LogP contribution >= 0.6 is 0 Å². The predicted octanol–water partition coefficient (Wildman–Crippen LogP) is 1.85. The van der Waals surface area contributed by atoms with Gasteiger partial charge in [-0.15, -0.1) is 0 Å². The van der Waals surface area contributed by atoms with Gasteiger partial charge < -0.3 is 5.11 Å². The minimum Gasteiger partial charge on any atom is -0.479 e. The number of aryl methyl sites for hydroxylation is 2. The Hall–Kier alpha value is -1.43. The van der Waals surface area contributed by atoms with Gasteiger partial charge in [0.05, 0.1) is 11.4 Å². The summed E-state index contributed by atoms with van der Waals surface area (Å²) in [5, 5.41) is 13.7. The molecule has 0 amide bonds. The number of likely N-dealkylation sites (tertiary alicyclic amines) is 1. The summed E-state index contributed by atoms with van der Waals surface area (Å²) in [6.07, 6.45) is 1.92. The van der Waals surface area contributed by atoms with Crippen LogP contribution in [-0.2, 0) is 17.9 Å². The lowest BCUT2D eigenvalue weighted by Gasteiger charge is -2.21. The number of rotatable bonds is 5. The molecule has 5 nitrogen and oxygen atoms in total. The van der Waals surface area contributed by atoms with Gasteiger partial charge in [-0.25, -0.2) is 9.18 Å². The highest BCUT2D eigenvalue weighted by Gasteiger charge is 2.58. The monoisotopic (exact) mass is 295 g/mol. The van der Waals surface area contributed by atoms with Crippen molar-refractivity contribution in [2.45, 2.75) is 45.4 Å². The summed E-state index contributed by atoms with van der Waals surface area (Å²) < 4.78 is 16.8. The molecule has 0 spiro atoms. The summed E-state index contributed by atoms with van der Waals surface area (Å²) in [6, 6.07) is 1.99. The maximum absolute atomic E-state index is 14.9. The predicted molar refractivity (Wildman–Crippen MR) is 75.6 cm³/mol. The van der Waals surface area contributed by atoms with Crippen molar-refractivity contribution in [3.8, 4) is 0 Å². The highest BCUT2D eigenvalue weighted by atomic mass is 19.1. The van der Waals surface area contributed by atoms with Crippen molar-refractivity contribution >= 4 is 5.97 Å². The fraction of sp³-hybridized carbons (Fsp3) is 0.733. The molecule has 1 aliphatic heterocycles. The van der Waals surface area contributed by atoms with Crippen LogP contribution in [-0.4, -0.2) is 44.5 Å². The smallest absolute Gasteiger partial charge is 0.343 e. The minimum atomic E-state index is -2.09. The molecule has 0 aromatic carbocycles. The molecule has 2 unspecified atom stereocenters. The highest BCUT2D eigenvalue weighted by molar-refractivity contribution is 5.78. The first kappa shape index (κ1) is 14.5. The topological polar surface area (TPSA) is 58.4 Å². The van der Waals surface area contributed by atoms with E-state index in [1.165, 1.54) is 0 Å². The van der Waals surface area contributed by atoms with E-state index in [2.05, 4.69) is 5.10 Å². The van der Waals surface area contributed by atoms with Crippen LogP contribution in [0.4, 0.5) is 4.39 Å². The summed E-state index contributed by atoms with van der Waals surface area (Å²) in [6.45, 7) is 5.80. The van der Waals surface area contributed by atoms with Gasteiger partial charge in [0, 0.05) is 32.1 Å². The zero-order valence-corrected chi connectivity index (χ0v) is 12.5. The fourth-order valence-corrected chi connectivity index (χ4v) is 3.53. The van der Waals surface area contributed by atoms with Crippen LogP contribution in [0.25, 0.3) is 0 Å². The molecule has 116 valence electrons. The van der Waals surface area contributed by atoms with E-state index in [1.807, 2.05) is 29.5 Å². The minimum absolute atomic E-state index is 0.0164. The van der Waals surface area contributed by atoms with Gasteiger partial charge in [-0.2, -0.15) is 5.10 Å². The molecule has 2 heterocycles. The fourth-order valence-electron chi connectivity index (χ4n) is 3.53. The molecule has 2 fully saturated rings. The molecule has 1 aliphatic carbocycles. The largest absolute Gasteiger partial charge is 0.479 e. The van der Waals surface area contributed by atoms with Gasteiger partial charge >= 0.3 is 5.97 Å². The van der Waals surface area contributed by atoms with Gasteiger partial charge in [-0.1, -0.05) is 0 Å². The Morgan fingerprint density at radius 2 is 2.29 bits per heavy atom. The van der Waals surface area contributed by atoms with E-state index in [1.54, 1.807) is 0 Å². The molecule has 0 bridgehead atoms. The molecular weight excluding hydrogens is 273 g/mol. The molecular formula is C15H22FN3O2. The van der Waals surface area contributed by atoms with Crippen LogP contribution in [0.2, 0.25) is 0 Å².